The molecule has 60 valence electrons. The Morgan fingerprint density at radius 2 is 2.55 bits per heavy atom. The van der Waals surface area contributed by atoms with Crippen LogP contribution in [-0.4, -0.2) is 17.1 Å². The predicted octanol–water partition coefficient (Wildman–Crippen LogP) is 0.234. The molecule has 0 aliphatic heterocycles. The zero-order valence-corrected chi connectivity index (χ0v) is 5.86. The number of nitrogens with two attached hydrogens (primary N) is 1. The van der Waals surface area contributed by atoms with Gasteiger partial charge in [-0.25, -0.2) is 0 Å². The molecular weight excluding hydrogens is 146 g/mol. The highest BCUT2D eigenvalue weighted by molar-refractivity contribution is 5.73. The highest BCUT2D eigenvalue weighted by Crippen LogP contribution is 2.02. The van der Waals surface area contributed by atoms with Gasteiger partial charge in [-0.05, 0) is 11.6 Å². The lowest BCUT2D eigenvalue weighted by Gasteiger charge is -2.01. The molecule has 0 radical (unpaired) electrons. The molecule has 1 heterocycles. The van der Waals surface area contributed by atoms with Crippen LogP contribution < -0.4 is 5.73 Å². The molecule has 1 atom stereocenters. The molecule has 0 aliphatic rings. The van der Waals surface area contributed by atoms with Crippen LogP contribution in [-0.2, 0) is 11.2 Å². The van der Waals surface area contributed by atoms with E-state index < -0.39 is 12.0 Å². The number of hydrogen-bond acceptors (Lipinski definition) is 3. The number of furan rings is 1. The van der Waals surface area contributed by atoms with E-state index in [2.05, 4.69) is 0 Å². The minimum Gasteiger partial charge on any atom is -0.480 e. The number of hydrogen-bond donors (Lipinski definition) is 2. The van der Waals surface area contributed by atoms with E-state index in [1.54, 1.807) is 6.07 Å². The highest BCUT2D eigenvalue weighted by atomic mass is 16.4. The Hall–Kier alpha value is -1.29. The highest BCUT2D eigenvalue weighted by Gasteiger charge is 2.11. The molecule has 0 bridgehead atoms. The van der Waals surface area contributed by atoms with Gasteiger partial charge >= 0.3 is 5.97 Å². The van der Waals surface area contributed by atoms with Crippen molar-refractivity contribution in [1.29, 1.82) is 0 Å². The number of carboxylic acid groups (broad SMARTS) is 1. The lowest BCUT2D eigenvalue weighted by molar-refractivity contribution is -0.138. The third kappa shape index (κ3) is 2.09. The molecule has 3 N–H and O–H groups in total. The normalized spacial score (nSPS) is 12.8. The first-order valence-electron chi connectivity index (χ1n) is 3.19. The van der Waals surface area contributed by atoms with Gasteiger partial charge in [-0.15, -0.1) is 0 Å². The maximum absolute atomic E-state index is 10.3. The molecule has 0 unspecified atom stereocenters. The van der Waals surface area contributed by atoms with E-state index >= 15 is 0 Å². The third-order valence-corrected chi connectivity index (χ3v) is 1.35. The van der Waals surface area contributed by atoms with Crippen LogP contribution in [0.1, 0.15) is 5.56 Å². The van der Waals surface area contributed by atoms with Crippen molar-refractivity contribution in [1.82, 2.24) is 0 Å². The quantitative estimate of drug-likeness (QED) is 0.655. The van der Waals surface area contributed by atoms with Crippen LogP contribution >= 0.6 is 0 Å². The van der Waals surface area contributed by atoms with E-state index in [1.807, 2.05) is 0 Å². The lowest BCUT2D eigenvalue weighted by atomic mass is 10.1. The van der Waals surface area contributed by atoms with E-state index in [0.717, 1.165) is 5.56 Å². The number of carboxylic acids is 1. The van der Waals surface area contributed by atoms with E-state index in [-0.39, 0.29) is 0 Å². The van der Waals surface area contributed by atoms with Crippen molar-refractivity contribution in [2.75, 3.05) is 0 Å². The first-order chi connectivity index (χ1) is 5.20. The van der Waals surface area contributed by atoms with Crippen LogP contribution in [0.4, 0.5) is 0 Å². The summed E-state index contributed by atoms with van der Waals surface area (Å²) in [5.74, 6) is -0.994. The third-order valence-electron chi connectivity index (χ3n) is 1.35. The zero-order valence-electron chi connectivity index (χ0n) is 5.86. The van der Waals surface area contributed by atoms with Crippen LogP contribution in [0, 0.1) is 0 Å². The second-order valence-electron chi connectivity index (χ2n) is 2.28. The fourth-order valence-electron chi connectivity index (χ4n) is 0.750. The number of rotatable bonds is 3. The zero-order chi connectivity index (χ0) is 8.27. The Labute approximate surface area is 63.6 Å². The van der Waals surface area contributed by atoms with Crippen molar-refractivity contribution in [2.45, 2.75) is 12.5 Å². The summed E-state index contributed by atoms with van der Waals surface area (Å²) in [5.41, 5.74) is 6.07. The Bertz CT molecular complexity index is 230. The van der Waals surface area contributed by atoms with Gasteiger partial charge in [0.2, 0.25) is 0 Å². The van der Waals surface area contributed by atoms with Crippen LogP contribution in [0.15, 0.2) is 23.0 Å². The minimum atomic E-state index is -0.994. The van der Waals surface area contributed by atoms with Crippen LogP contribution in [0.5, 0.6) is 0 Å². The molecule has 1 aromatic heterocycles. The Morgan fingerprint density at radius 1 is 1.82 bits per heavy atom. The standard InChI is InChI=1S/C7H9NO3/c8-6(7(9)10)3-5-1-2-11-4-5/h1-2,4,6H,3,8H2,(H,9,10)/t6-/m0/s1. The van der Waals surface area contributed by atoms with Gasteiger partial charge in [-0.1, -0.05) is 0 Å². The molecule has 0 fully saturated rings. The smallest absolute Gasteiger partial charge is 0.320 e. The average Bonchev–Trinajstić information content (AvgIpc) is 2.39. The summed E-state index contributed by atoms with van der Waals surface area (Å²) in [6, 6.07) is 0.857. The largest absolute Gasteiger partial charge is 0.480 e. The summed E-state index contributed by atoms with van der Waals surface area (Å²) in [6.07, 6.45) is 3.29. The maximum Gasteiger partial charge on any atom is 0.320 e. The van der Waals surface area contributed by atoms with Gasteiger partial charge in [0.15, 0.2) is 0 Å². The lowest BCUT2D eigenvalue weighted by Crippen LogP contribution is -2.32. The van der Waals surface area contributed by atoms with Crippen molar-refractivity contribution in [2.24, 2.45) is 5.73 Å². The van der Waals surface area contributed by atoms with Crippen molar-refractivity contribution < 1.29 is 14.3 Å². The molecule has 0 saturated carbocycles. The van der Waals surface area contributed by atoms with E-state index in [4.69, 9.17) is 15.3 Å². The summed E-state index contributed by atoms with van der Waals surface area (Å²) in [5, 5.41) is 8.43. The van der Waals surface area contributed by atoms with Gasteiger partial charge < -0.3 is 15.3 Å². The van der Waals surface area contributed by atoms with E-state index in [0.29, 0.717) is 6.42 Å². The summed E-state index contributed by atoms with van der Waals surface area (Å²) in [7, 11) is 0. The summed E-state index contributed by atoms with van der Waals surface area (Å²) >= 11 is 0. The first-order valence-corrected chi connectivity index (χ1v) is 3.19. The number of carbonyl (C=O) groups is 1. The SMILES string of the molecule is N[C@@H](Cc1ccoc1)C(=O)O. The predicted molar refractivity (Wildman–Crippen MR) is 38.0 cm³/mol. The molecule has 0 amide bonds. The second-order valence-corrected chi connectivity index (χ2v) is 2.28. The van der Waals surface area contributed by atoms with Crippen molar-refractivity contribution in [3.05, 3.63) is 24.2 Å². The van der Waals surface area contributed by atoms with E-state index in [1.165, 1.54) is 12.5 Å². The van der Waals surface area contributed by atoms with Gasteiger partial charge in [0, 0.05) is 6.42 Å². The van der Waals surface area contributed by atoms with Gasteiger partial charge in [-0.3, -0.25) is 4.79 Å². The molecule has 4 nitrogen and oxygen atoms in total. The van der Waals surface area contributed by atoms with Crippen LogP contribution in [0.3, 0.4) is 0 Å². The monoisotopic (exact) mass is 155 g/mol. The summed E-state index contributed by atoms with van der Waals surface area (Å²) < 4.78 is 4.75. The Kier molecular flexibility index (Phi) is 2.28. The molecule has 0 aromatic carbocycles. The molecule has 1 rings (SSSR count). The summed E-state index contributed by atoms with van der Waals surface area (Å²) in [6.45, 7) is 0. The van der Waals surface area contributed by atoms with Crippen molar-refractivity contribution in [3.8, 4) is 0 Å². The van der Waals surface area contributed by atoms with Gasteiger partial charge in [0.05, 0.1) is 12.5 Å². The van der Waals surface area contributed by atoms with Gasteiger partial charge in [0.1, 0.15) is 6.04 Å². The fraction of sp³-hybridized carbons (Fsp3) is 0.286. The average molecular weight is 155 g/mol. The van der Waals surface area contributed by atoms with Crippen molar-refractivity contribution in [3.63, 3.8) is 0 Å². The van der Waals surface area contributed by atoms with Crippen LogP contribution in [0.2, 0.25) is 0 Å². The van der Waals surface area contributed by atoms with Gasteiger partial charge in [0.25, 0.3) is 0 Å². The van der Waals surface area contributed by atoms with Crippen molar-refractivity contribution >= 4 is 5.97 Å². The summed E-state index contributed by atoms with van der Waals surface area (Å²) in [4.78, 5) is 10.3. The minimum absolute atomic E-state index is 0.311. The fourth-order valence-corrected chi connectivity index (χ4v) is 0.750. The van der Waals surface area contributed by atoms with Gasteiger partial charge in [-0.2, -0.15) is 0 Å². The Balaban J connectivity index is 2.50. The van der Waals surface area contributed by atoms with Crippen LogP contribution in [0.25, 0.3) is 0 Å². The molecule has 0 spiro atoms. The molecule has 1 aromatic rings. The number of aliphatic carboxylic acids is 1. The maximum atomic E-state index is 10.3. The molecule has 11 heavy (non-hydrogen) atoms. The second kappa shape index (κ2) is 3.21. The molecule has 0 saturated heterocycles. The topological polar surface area (TPSA) is 76.5 Å². The molecule has 4 heteroatoms. The van der Waals surface area contributed by atoms with E-state index in [9.17, 15) is 4.79 Å². The Morgan fingerprint density at radius 3 is 3.00 bits per heavy atom. The first kappa shape index (κ1) is 7.81. The molecule has 0 aliphatic carbocycles. The molecular formula is C7H9NO3.